The van der Waals surface area contributed by atoms with Crippen molar-refractivity contribution in [1.29, 1.82) is 0 Å². The molecule has 0 radical (unpaired) electrons. The molecule has 1 amide bonds. The molecule has 0 fully saturated rings. The number of hydrogen-bond donors (Lipinski definition) is 2. The van der Waals surface area contributed by atoms with Crippen LogP contribution >= 0.6 is 0 Å². The van der Waals surface area contributed by atoms with Crippen LogP contribution in [0, 0.1) is 0 Å². The summed E-state index contributed by atoms with van der Waals surface area (Å²) in [6.45, 7) is 0. The lowest BCUT2D eigenvalue weighted by atomic mass is 10.2. The predicted octanol–water partition coefficient (Wildman–Crippen LogP) is 2.57. The molecule has 0 saturated carbocycles. The molecular weight excluding hydrogens is 254 g/mol. The molecule has 0 spiro atoms. The van der Waals surface area contributed by atoms with Crippen molar-refractivity contribution < 1.29 is 14.7 Å². The first-order valence-corrected chi connectivity index (χ1v) is 5.90. The molecule has 0 aliphatic heterocycles. The van der Waals surface area contributed by atoms with Crippen molar-refractivity contribution in [2.24, 2.45) is 5.73 Å². The average molecular weight is 269 g/mol. The predicted molar refractivity (Wildman–Crippen MR) is 78.1 cm³/mol. The van der Waals surface area contributed by atoms with Gasteiger partial charge in [-0.2, -0.15) is 0 Å². The number of hydrogen-bond acceptors (Lipinski definition) is 2. The van der Waals surface area contributed by atoms with Gasteiger partial charge in [0.2, 0.25) is 5.91 Å². The Hall–Kier alpha value is -2.88. The van der Waals surface area contributed by atoms with E-state index in [1.807, 2.05) is 36.4 Å². The molecular formula is C16H15NO3. The summed E-state index contributed by atoms with van der Waals surface area (Å²) in [6.07, 6.45) is 2.68. The van der Waals surface area contributed by atoms with Crippen molar-refractivity contribution in [3.8, 4) is 0 Å². The van der Waals surface area contributed by atoms with Gasteiger partial charge in [-0.1, -0.05) is 48.5 Å². The zero-order valence-corrected chi connectivity index (χ0v) is 10.8. The van der Waals surface area contributed by atoms with Crippen LogP contribution in [0.15, 0.2) is 66.7 Å². The molecule has 20 heavy (non-hydrogen) atoms. The van der Waals surface area contributed by atoms with Crippen molar-refractivity contribution in [2.45, 2.75) is 0 Å². The minimum Gasteiger partial charge on any atom is -0.478 e. The second kappa shape index (κ2) is 8.26. The maximum atomic E-state index is 10.4. The van der Waals surface area contributed by atoms with Crippen LogP contribution in [0.1, 0.15) is 15.9 Å². The number of primary amides is 1. The molecule has 0 aliphatic carbocycles. The average Bonchev–Trinajstić information content (AvgIpc) is 2.48. The van der Waals surface area contributed by atoms with Gasteiger partial charge in [-0.25, -0.2) is 4.79 Å². The summed E-state index contributed by atoms with van der Waals surface area (Å²) in [4.78, 5) is 20.5. The van der Waals surface area contributed by atoms with Crippen LogP contribution in [0.5, 0.6) is 0 Å². The van der Waals surface area contributed by atoms with E-state index in [4.69, 9.17) is 10.8 Å². The van der Waals surface area contributed by atoms with Crippen molar-refractivity contribution >= 4 is 18.0 Å². The van der Waals surface area contributed by atoms with E-state index in [2.05, 4.69) is 0 Å². The molecule has 0 saturated heterocycles. The zero-order chi connectivity index (χ0) is 14.8. The molecule has 0 heterocycles. The highest BCUT2D eigenvalue weighted by Crippen LogP contribution is 2.00. The second-order valence-electron chi connectivity index (χ2n) is 3.81. The first kappa shape index (κ1) is 15.2. The summed E-state index contributed by atoms with van der Waals surface area (Å²) >= 11 is 0. The second-order valence-corrected chi connectivity index (χ2v) is 3.81. The Labute approximate surface area is 117 Å². The quantitative estimate of drug-likeness (QED) is 0.840. The van der Waals surface area contributed by atoms with E-state index >= 15 is 0 Å². The van der Waals surface area contributed by atoms with Crippen molar-refractivity contribution in [1.82, 2.24) is 0 Å². The SMILES string of the molecule is NC(=O)c1ccccc1.O=C(O)/C=C/c1ccccc1. The lowest BCUT2D eigenvalue weighted by Crippen LogP contribution is -2.09. The standard InChI is InChI=1S/C9H8O2.C7H7NO/c10-9(11)7-6-8-4-2-1-3-5-8;8-7(9)6-4-2-1-3-5-6/h1-7H,(H,10,11);1-5H,(H2,8,9)/b7-6+;. The number of carbonyl (C=O) groups is 2. The molecule has 0 aromatic heterocycles. The van der Waals surface area contributed by atoms with Crippen molar-refractivity contribution in [3.05, 3.63) is 77.9 Å². The normalized spacial score (nSPS) is 9.60. The number of carboxylic acids is 1. The van der Waals surface area contributed by atoms with Crippen LogP contribution in [0.4, 0.5) is 0 Å². The minimum atomic E-state index is -0.922. The maximum absolute atomic E-state index is 10.4. The van der Waals surface area contributed by atoms with Crippen LogP contribution in [0.3, 0.4) is 0 Å². The Balaban J connectivity index is 0.000000204. The number of carboxylic acid groups (broad SMARTS) is 1. The molecule has 4 nitrogen and oxygen atoms in total. The van der Waals surface area contributed by atoms with Crippen LogP contribution < -0.4 is 5.73 Å². The molecule has 0 atom stereocenters. The Bertz CT molecular complexity index is 577. The highest BCUT2D eigenvalue weighted by molar-refractivity contribution is 5.92. The van der Waals surface area contributed by atoms with E-state index in [0.29, 0.717) is 5.56 Å². The molecule has 0 aliphatic rings. The summed E-state index contributed by atoms with van der Waals surface area (Å²) in [6, 6.07) is 18.1. The van der Waals surface area contributed by atoms with E-state index in [1.54, 1.807) is 30.3 Å². The monoisotopic (exact) mass is 269 g/mol. The Morgan fingerprint density at radius 2 is 1.40 bits per heavy atom. The zero-order valence-electron chi connectivity index (χ0n) is 10.8. The molecule has 0 bridgehead atoms. The highest BCUT2D eigenvalue weighted by Gasteiger charge is 1.93. The maximum Gasteiger partial charge on any atom is 0.328 e. The third kappa shape index (κ3) is 6.16. The van der Waals surface area contributed by atoms with Crippen LogP contribution in [0.25, 0.3) is 6.08 Å². The summed E-state index contributed by atoms with van der Waals surface area (Å²) in [5, 5.41) is 8.29. The number of rotatable bonds is 3. The van der Waals surface area contributed by atoms with Gasteiger partial charge < -0.3 is 10.8 Å². The Kier molecular flexibility index (Phi) is 6.27. The summed E-state index contributed by atoms with van der Waals surface area (Å²) < 4.78 is 0. The molecule has 2 rings (SSSR count). The number of aliphatic carboxylic acids is 1. The fraction of sp³-hybridized carbons (Fsp3) is 0. The molecule has 2 aromatic rings. The smallest absolute Gasteiger partial charge is 0.328 e. The fourth-order valence-corrected chi connectivity index (χ4v) is 1.33. The molecule has 2 aromatic carbocycles. The van der Waals surface area contributed by atoms with Gasteiger partial charge in [-0.3, -0.25) is 4.79 Å². The molecule has 0 unspecified atom stereocenters. The van der Waals surface area contributed by atoms with Gasteiger partial charge >= 0.3 is 5.97 Å². The number of carbonyl (C=O) groups excluding carboxylic acids is 1. The third-order valence-corrected chi connectivity index (χ3v) is 2.28. The molecule has 3 N–H and O–H groups in total. The van der Waals surface area contributed by atoms with Crippen molar-refractivity contribution in [3.63, 3.8) is 0 Å². The van der Waals surface area contributed by atoms with Crippen LogP contribution in [-0.2, 0) is 4.79 Å². The topological polar surface area (TPSA) is 80.4 Å². The first-order chi connectivity index (χ1) is 9.59. The van der Waals surface area contributed by atoms with Gasteiger partial charge in [-0.05, 0) is 23.8 Å². The number of benzene rings is 2. The van der Waals surface area contributed by atoms with E-state index in [1.165, 1.54) is 0 Å². The van der Waals surface area contributed by atoms with Crippen molar-refractivity contribution in [2.75, 3.05) is 0 Å². The lowest BCUT2D eigenvalue weighted by Gasteiger charge is -1.89. The van der Waals surface area contributed by atoms with E-state index in [0.717, 1.165) is 11.6 Å². The largest absolute Gasteiger partial charge is 0.478 e. The summed E-state index contributed by atoms with van der Waals surface area (Å²) in [5.41, 5.74) is 6.43. The van der Waals surface area contributed by atoms with Gasteiger partial charge in [0.25, 0.3) is 0 Å². The first-order valence-electron chi connectivity index (χ1n) is 5.90. The third-order valence-electron chi connectivity index (χ3n) is 2.28. The van der Waals surface area contributed by atoms with Gasteiger partial charge in [0.15, 0.2) is 0 Å². The fourth-order valence-electron chi connectivity index (χ4n) is 1.33. The van der Waals surface area contributed by atoms with Gasteiger partial charge in [0.1, 0.15) is 0 Å². The van der Waals surface area contributed by atoms with E-state index in [9.17, 15) is 9.59 Å². The van der Waals surface area contributed by atoms with Gasteiger partial charge in [0, 0.05) is 11.6 Å². The van der Waals surface area contributed by atoms with Gasteiger partial charge in [-0.15, -0.1) is 0 Å². The minimum absolute atomic E-state index is 0.379. The number of amides is 1. The summed E-state index contributed by atoms with van der Waals surface area (Å²) in [5.74, 6) is -1.30. The van der Waals surface area contributed by atoms with Gasteiger partial charge in [0.05, 0.1) is 0 Å². The summed E-state index contributed by atoms with van der Waals surface area (Å²) in [7, 11) is 0. The number of nitrogens with two attached hydrogens (primary N) is 1. The van der Waals surface area contributed by atoms with Crippen LogP contribution in [0.2, 0.25) is 0 Å². The molecule has 102 valence electrons. The van der Waals surface area contributed by atoms with Crippen LogP contribution in [-0.4, -0.2) is 17.0 Å². The molecule has 4 heteroatoms. The van der Waals surface area contributed by atoms with E-state index in [-0.39, 0.29) is 5.91 Å². The Morgan fingerprint density at radius 3 is 1.80 bits per heavy atom. The highest BCUT2D eigenvalue weighted by atomic mass is 16.4. The van der Waals surface area contributed by atoms with E-state index < -0.39 is 5.97 Å². The lowest BCUT2D eigenvalue weighted by molar-refractivity contribution is -0.131. The Morgan fingerprint density at radius 1 is 0.900 bits per heavy atom.